The Balaban J connectivity index is 1.47. The topological polar surface area (TPSA) is 83.7 Å². The van der Waals surface area contributed by atoms with Crippen molar-refractivity contribution < 1.29 is 14.0 Å². The van der Waals surface area contributed by atoms with Crippen molar-refractivity contribution in [1.82, 2.24) is 5.43 Å². The van der Waals surface area contributed by atoms with Gasteiger partial charge in [0.1, 0.15) is 5.76 Å². The Bertz CT molecular complexity index is 983. The van der Waals surface area contributed by atoms with Crippen LogP contribution in [0.15, 0.2) is 81.3 Å². The minimum absolute atomic E-state index is 0.117. The molecule has 0 unspecified atom stereocenters. The zero-order valence-corrected chi connectivity index (χ0v) is 16.0. The fourth-order valence-corrected chi connectivity index (χ4v) is 3.04. The Morgan fingerprint density at radius 2 is 1.79 bits per heavy atom. The van der Waals surface area contributed by atoms with Gasteiger partial charge in [0.2, 0.25) is 5.91 Å². The maximum atomic E-state index is 12.1. The van der Waals surface area contributed by atoms with Crippen LogP contribution in [0.3, 0.4) is 0 Å². The maximum Gasteiger partial charge on any atom is 0.271 e. The van der Waals surface area contributed by atoms with E-state index in [1.54, 1.807) is 24.3 Å². The molecule has 6 nitrogen and oxygen atoms in total. The average molecular weight is 393 g/mol. The molecule has 0 saturated carbocycles. The SMILES string of the molecule is Cc1ccccc1C(=O)N/N=C\c1ccc(SCC(=O)Nc2ccccc2)o1. The first kappa shape index (κ1) is 19.4. The number of nitrogens with one attached hydrogen (secondary N) is 2. The highest BCUT2D eigenvalue weighted by Gasteiger charge is 2.08. The number of hydrazone groups is 1. The zero-order chi connectivity index (χ0) is 19.8. The van der Waals surface area contributed by atoms with E-state index >= 15 is 0 Å². The van der Waals surface area contributed by atoms with E-state index in [4.69, 9.17) is 4.42 Å². The van der Waals surface area contributed by atoms with Gasteiger partial charge in [-0.15, -0.1) is 0 Å². The number of nitrogens with zero attached hydrogens (tertiary/aromatic N) is 1. The van der Waals surface area contributed by atoms with Crippen LogP contribution in [0.1, 0.15) is 21.7 Å². The summed E-state index contributed by atoms with van der Waals surface area (Å²) in [6, 6.07) is 20.0. The number of hydrogen-bond donors (Lipinski definition) is 2. The van der Waals surface area contributed by atoms with Crippen molar-refractivity contribution in [2.75, 3.05) is 11.1 Å². The fourth-order valence-electron chi connectivity index (χ4n) is 2.38. The first-order valence-corrected chi connectivity index (χ1v) is 9.57. The van der Waals surface area contributed by atoms with Crippen molar-refractivity contribution in [2.45, 2.75) is 12.0 Å². The smallest absolute Gasteiger partial charge is 0.271 e. The highest BCUT2D eigenvalue weighted by Crippen LogP contribution is 2.20. The molecule has 28 heavy (non-hydrogen) atoms. The number of carbonyl (C=O) groups is 2. The Morgan fingerprint density at radius 3 is 2.57 bits per heavy atom. The number of amides is 2. The third kappa shape index (κ3) is 5.59. The number of thioether (sulfide) groups is 1. The molecule has 2 amide bonds. The molecule has 0 fully saturated rings. The molecular formula is C21H19N3O3S. The summed E-state index contributed by atoms with van der Waals surface area (Å²) in [6.07, 6.45) is 1.42. The summed E-state index contributed by atoms with van der Waals surface area (Å²) >= 11 is 1.28. The molecule has 1 heterocycles. The van der Waals surface area contributed by atoms with Crippen LogP contribution in [0.5, 0.6) is 0 Å². The number of aryl methyl sites for hydroxylation is 1. The number of para-hydroxylation sites is 1. The van der Waals surface area contributed by atoms with Gasteiger partial charge in [-0.2, -0.15) is 5.10 Å². The number of anilines is 1. The van der Waals surface area contributed by atoms with Crippen LogP contribution in [0.25, 0.3) is 0 Å². The molecule has 7 heteroatoms. The van der Waals surface area contributed by atoms with E-state index in [1.807, 2.05) is 49.4 Å². The molecule has 0 radical (unpaired) electrons. The number of benzene rings is 2. The molecular weight excluding hydrogens is 374 g/mol. The Morgan fingerprint density at radius 1 is 1.04 bits per heavy atom. The van der Waals surface area contributed by atoms with Gasteiger partial charge in [-0.25, -0.2) is 5.43 Å². The lowest BCUT2D eigenvalue weighted by atomic mass is 10.1. The fraction of sp³-hybridized carbons (Fsp3) is 0.0952. The predicted octanol–water partition coefficient (Wildman–Crippen LogP) is 4.08. The number of furan rings is 1. The monoisotopic (exact) mass is 393 g/mol. The molecule has 2 N–H and O–H groups in total. The second-order valence-electron chi connectivity index (χ2n) is 5.87. The minimum Gasteiger partial charge on any atom is -0.449 e. The quantitative estimate of drug-likeness (QED) is 0.360. The van der Waals surface area contributed by atoms with Gasteiger partial charge >= 0.3 is 0 Å². The van der Waals surface area contributed by atoms with Crippen LogP contribution < -0.4 is 10.7 Å². The highest BCUT2D eigenvalue weighted by atomic mass is 32.2. The maximum absolute atomic E-state index is 12.1. The molecule has 0 spiro atoms. The van der Waals surface area contributed by atoms with E-state index in [9.17, 15) is 9.59 Å². The lowest BCUT2D eigenvalue weighted by Crippen LogP contribution is -2.18. The van der Waals surface area contributed by atoms with E-state index in [-0.39, 0.29) is 17.6 Å². The van der Waals surface area contributed by atoms with Gasteiger partial charge in [-0.3, -0.25) is 9.59 Å². The van der Waals surface area contributed by atoms with Gasteiger partial charge in [-0.05, 0) is 42.8 Å². The number of carbonyl (C=O) groups excluding carboxylic acids is 2. The van der Waals surface area contributed by atoms with Crippen molar-refractivity contribution >= 4 is 35.5 Å². The van der Waals surface area contributed by atoms with Gasteiger partial charge in [0.25, 0.3) is 5.91 Å². The van der Waals surface area contributed by atoms with E-state index in [2.05, 4.69) is 15.8 Å². The molecule has 1 aromatic heterocycles. The van der Waals surface area contributed by atoms with Crippen LogP contribution in [-0.4, -0.2) is 23.8 Å². The normalized spacial score (nSPS) is 10.8. The molecule has 0 aliphatic carbocycles. The van der Waals surface area contributed by atoms with Gasteiger partial charge in [0, 0.05) is 11.3 Å². The van der Waals surface area contributed by atoms with Gasteiger partial charge < -0.3 is 9.73 Å². The van der Waals surface area contributed by atoms with E-state index in [0.717, 1.165) is 11.3 Å². The lowest BCUT2D eigenvalue weighted by Gasteiger charge is -2.03. The summed E-state index contributed by atoms with van der Waals surface area (Å²) in [5.74, 6) is 0.306. The summed E-state index contributed by atoms with van der Waals surface area (Å²) in [6.45, 7) is 1.86. The van der Waals surface area contributed by atoms with Crippen LogP contribution in [0.4, 0.5) is 5.69 Å². The third-order valence-electron chi connectivity index (χ3n) is 3.75. The molecule has 3 aromatic rings. The van der Waals surface area contributed by atoms with Crippen LogP contribution in [0.2, 0.25) is 0 Å². The van der Waals surface area contributed by atoms with Crippen molar-refractivity contribution in [1.29, 1.82) is 0 Å². The predicted molar refractivity (Wildman–Crippen MR) is 111 cm³/mol. The minimum atomic E-state index is -0.284. The number of rotatable bonds is 7. The zero-order valence-electron chi connectivity index (χ0n) is 15.2. The summed E-state index contributed by atoms with van der Waals surface area (Å²) in [4.78, 5) is 24.0. The van der Waals surface area contributed by atoms with Gasteiger partial charge in [0.15, 0.2) is 5.09 Å². The van der Waals surface area contributed by atoms with Crippen molar-refractivity contribution in [2.24, 2.45) is 5.10 Å². The first-order chi connectivity index (χ1) is 13.6. The van der Waals surface area contributed by atoms with Crippen LogP contribution in [-0.2, 0) is 4.79 Å². The summed E-state index contributed by atoms with van der Waals surface area (Å²) in [7, 11) is 0. The van der Waals surface area contributed by atoms with Crippen LogP contribution >= 0.6 is 11.8 Å². The largest absolute Gasteiger partial charge is 0.449 e. The van der Waals surface area contributed by atoms with Crippen molar-refractivity contribution in [3.05, 3.63) is 83.6 Å². The standard InChI is InChI=1S/C21H19N3O3S/c1-15-7-5-6-10-18(15)21(26)24-22-13-17-11-12-20(27-17)28-14-19(25)23-16-8-3-2-4-9-16/h2-13H,14H2,1H3,(H,23,25)(H,24,26)/b22-13-. The average Bonchev–Trinajstić information content (AvgIpc) is 3.15. The molecule has 2 aromatic carbocycles. The van der Waals surface area contributed by atoms with E-state index in [0.29, 0.717) is 16.4 Å². The molecule has 0 saturated heterocycles. The van der Waals surface area contributed by atoms with Crippen LogP contribution in [0, 0.1) is 6.92 Å². The third-order valence-corrected chi connectivity index (χ3v) is 4.66. The summed E-state index contributed by atoms with van der Waals surface area (Å²) < 4.78 is 5.58. The number of hydrogen-bond acceptors (Lipinski definition) is 5. The molecule has 142 valence electrons. The van der Waals surface area contributed by atoms with Gasteiger partial charge in [-0.1, -0.05) is 48.2 Å². The second-order valence-corrected chi connectivity index (χ2v) is 6.85. The molecule has 0 aliphatic heterocycles. The molecule has 0 bridgehead atoms. The summed E-state index contributed by atoms with van der Waals surface area (Å²) in [5, 5.41) is 7.32. The molecule has 0 atom stereocenters. The molecule has 3 rings (SSSR count). The lowest BCUT2D eigenvalue weighted by molar-refractivity contribution is -0.113. The Labute approximate surface area is 167 Å². The van der Waals surface area contributed by atoms with E-state index < -0.39 is 0 Å². The van der Waals surface area contributed by atoms with Crippen molar-refractivity contribution in [3.8, 4) is 0 Å². The summed E-state index contributed by atoms with van der Waals surface area (Å²) in [5.41, 5.74) is 4.67. The van der Waals surface area contributed by atoms with Gasteiger partial charge in [0.05, 0.1) is 12.0 Å². The Hall–Kier alpha value is -3.32. The van der Waals surface area contributed by atoms with E-state index in [1.165, 1.54) is 18.0 Å². The highest BCUT2D eigenvalue weighted by molar-refractivity contribution is 7.99. The second kappa shape index (κ2) is 9.57. The van der Waals surface area contributed by atoms with Crippen molar-refractivity contribution in [3.63, 3.8) is 0 Å². The Kier molecular flexibility index (Phi) is 6.64. The first-order valence-electron chi connectivity index (χ1n) is 8.58. The molecule has 0 aliphatic rings.